The molecule has 0 aliphatic rings. The van der Waals surface area contributed by atoms with Crippen molar-refractivity contribution in [3.8, 4) is 22.8 Å². The molecule has 9 heteroatoms. The molecule has 0 saturated heterocycles. The lowest BCUT2D eigenvalue weighted by Crippen LogP contribution is -2.13. The summed E-state index contributed by atoms with van der Waals surface area (Å²) in [6, 6.07) is 19.1. The zero-order valence-corrected chi connectivity index (χ0v) is 21.8. The fraction of sp³-hybridized carbons (Fsp3) is 0.133. The summed E-state index contributed by atoms with van der Waals surface area (Å²) in [6.45, 7) is 3.75. The molecule has 0 bridgehead atoms. The first kappa shape index (κ1) is 26.9. The number of rotatable bonds is 9. The molecule has 4 aromatic rings. The van der Waals surface area contributed by atoms with E-state index in [4.69, 9.17) is 4.74 Å². The van der Waals surface area contributed by atoms with Gasteiger partial charge in [0.05, 0.1) is 31.2 Å². The Bertz CT molecular complexity index is 1500. The topological polar surface area (TPSA) is 125 Å². The maximum Gasteiger partial charge on any atom is 0.255 e. The molecular formula is C30H29N5O4. The number of nitrogens with zero attached hydrogens (tertiary/aromatic N) is 2. The molecule has 2 amide bonds. The first-order valence-electron chi connectivity index (χ1n) is 12.3. The summed E-state index contributed by atoms with van der Waals surface area (Å²) < 4.78 is 5.19. The number of ether oxygens (including phenoxy) is 1. The highest BCUT2D eigenvalue weighted by molar-refractivity contribution is 6.05. The lowest BCUT2D eigenvalue weighted by atomic mass is 10.1. The molecule has 4 rings (SSSR count). The molecule has 1 atom stereocenters. The van der Waals surface area contributed by atoms with Crippen LogP contribution >= 0.6 is 0 Å². The molecule has 39 heavy (non-hydrogen) atoms. The van der Waals surface area contributed by atoms with Gasteiger partial charge < -0.3 is 25.8 Å². The molecular weight excluding hydrogens is 494 g/mol. The Hall–Kier alpha value is -5.18. The number of carbonyl (C=O) groups excluding carboxylic acids is 2. The van der Waals surface area contributed by atoms with Gasteiger partial charge in [-0.25, -0.2) is 4.98 Å². The van der Waals surface area contributed by atoms with E-state index in [9.17, 15) is 14.7 Å². The lowest BCUT2D eigenvalue weighted by Gasteiger charge is -2.17. The number of phenolic OH excluding ortho intramolecular Hbond substituents is 1. The summed E-state index contributed by atoms with van der Waals surface area (Å²) in [6.07, 6.45) is 6.36. The zero-order chi connectivity index (χ0) is 27.8. The second-order valence-corrected chi connectivity index (χ2v) is 8.69. The predicted molar refractivity (Wildman–Crippen MR) is 152 cm³/mol. The van der Waals surface area contributed by atoms with Crippen molar-refractivity contribution in [1.29, 1.82) is 0 Å². The molecule has 4 N–H and O–H groups in total. The molecule has 0 unspecified atom stereocenters. The van der Waals surface area contributed by atoms with Crippen LogP contribution in [-0.4, -0.2) is 34.0 Å². The quantitative estimate of drug-likeness (QED) is 0.204. The Morgan fingerprint density at radius 3 is 2.51 bits per heavy atom. The average Bonchev–Trinajstić information content (AvgIpc) is 2.94. The van der Waals surface area contributed by atoms with Crippen LogP contribution in [0.1, 0.15) is 35.8 Å². The van der Waals surface area contributed by atoms with Crippen molar-refractivity contribution in [2.24, 2.45) is 0 Å². The Kier molecular flexibility index (Phi) is 8.53. The number of methoxy groups -OCH3 is 1. The van der Waals surface area contributed by atoms with E-state index in [1.165, 1.54) is 13.2 Å². The van der Waals surface area contributed by atoms with Crippen molar-refractivity contribution in [3.05, 3.63) is 102 Å². The molecule has 3 aromatic carbocycles. The van der Waals surface area contributed by atoms with Gasteiger partial charge in [-0.2, -0.15) is 0 Å². The Morgan fingerprint density at radius 2 is 1.77 bits per heavy atom. The van der Waals surface area contributed by atoms with Gasteiger partial charge in [0.25, 0.3) is 5.91 Å². The van der Waals surface area contributed by atoms with E-state index >= 15 is 0 Å². The van der Waals surface area contributed by atoms with Crippen molar-refractivity contribution in [2.75, 3.05) is 23.1 Å². The Balaban J connectivity index is 1.42. The number of phenols is 1. The van der Waals surface area contributed by atoms with Crippen molar-refractivity contribution >= 4 is 29.0 Å². The minimum Gasteiger partial charge on any atom is -0.504 e. The number of anilines is 3. The summed E-state index contributed by atoms with van der Waals surface area (Å²) in [5.41, 5.74) is 4.04. The van der Waals surface area contributed by atoms with Crippen LogP contribution in [0.25, 0.3) is 11.3 Å². The molecule has 1 heterocycles. The first-order valence-corrected chi connectivity index (χ1v) is 12.3. The fourth-order valence-electron chi connectivity index (χ4n) is 3.85. The molecule has 0 fully saturated rings. The predicted octanol–water partition coefficient (Wildman–Crippen LogP) is 5.80. The average molecular weight is 524 g/mol. The Labute approximate surface area is 226 Å². The number of aromatic nitrogens is 2. The van der Waals surface area contributed by atoms with Crippen molar-refractivity contribution in [3.63, 3.8) is 0 Å². The maximum absolute atomic E-state index is 12.8. The van der Waals surface area contributed by atoms with E-state index in [0.29, 0.717) is 34.2 Å². The van der Waals surface area contributed by atoms with Crippen LogP contribution in [0.3, 0.4) is 0 Å². The minimum absolute atomic E-state index is 0.0506. The summed E-state index contributed by atoms with van der Waals surface area (Å²) in [5, 5.41) is 18.9. The standard InChI is InChI=1S/C30H29N5O4/c1-4-6-29(37)33-23-12-9-20(10-13-23)30(38)34-24-8-5-7-21(15-24)19(2)32-28-18-31-17-25(35-28)22-11-14-26(36)27(16-22)39-3/h4-19,36H,1-3H3,(H,32,35)(H,33,37)(H,34,38)/b6-4+/t19-/m0/s1. The molecule has 0 aliphatic heterocycles. The summed E-state index contributed by atoms with van der Waals surface area (Å²) in [5.74, 6) is 0.485. The normalized spacial score (nSPS) is 11.6. The number of hydrogen-bond acceptors (Lipinski definition) is 7. The number of nitrogens with one attached hydrogen (secondary N) is 3. The third-order valence-corrected chi connectivity index (χ3v) is 5.85. The smallest absolute Gasteiger partial charge is 0.255 e. The van der Waals surface area contributed by atoms with E-state index in [1.54, 1.807) is 67.9 Å². The van der Waals surface area contributed by atoms with Gasteiger partial charge in [-0.3, -0.25) is 14.6 Å². The highest BCUT2D eigenvalue weighted by Gasteiger charge is 2.12. The fourth-order valence-corrected chi connectivity index (χ4v) is 3.85. The van der Waals surface area contributed by atoms with E-state index in [2.05, 4.69) is 25.9 Å². The lowest BCUT2D eigenvalue weighted by molar-refractivity contribution is -0.111. The van der Waals surface area contributed by atoms with Crippen LogP contribution in [-0.2, 0) is 4.79 Å². The van der Waals surface area contributed by atoms with Gasteiger partial charge in [0.15, 0.2) is 11.5 Å². The van der Waals surface area contributed by atoms with Crippen LogP contribution < -0.4 is 20.7 Å². The Morgan fingerprint density at radius 1 is 0.974 bits per heavy atom. The highest BCUT2D eigenvalue weighted by Crippen LogP contribution is 2.31. The molecule has 9 nitrogen and oxygen atoms in total. The van der Waals surface area contributed by atoms with E-state index in [-0.39, 0.29) is 23.6 Å². The van der Waals surface area contributed by atoms with Gasteiger partial charge in [-0.05, 0) is 80.1 Å². The van der Waals surface area contributed by atoms with E-state index in [0.717, 1.165) is 11.1 Å². The maximum atomic E-state index is 12.8. The van der Waals surface area contributed by atoms with E-state index < -0.39 is 0 Å². The second-order valence-electron chi connectivity index (χ2n) is 8.69. The largest absolute Gasteiger partial charge is 0.504 e. The first-order chi connectivity index (χ1) is 18.9. The van der Waals surface area contributed by atoms with Gasteiger partial charge in [0.2, 0.25) is 5.91 Å². The van der Waals surface area contributed by atoms with Gasteiger partial charge >= 0.3 is 0 Å². The summed E-state index contributed by atoms with van der Waals surface area (Å²) >= 11 is 0. The summed E-state index contributed by atoms with van der Waals surface area (Å²) in [7, 11) is 1.49. The van der Waals surface area contributed by atoms with Gasteiger partial charge in [-0.15, -0.1) is 0 Å². The summed E-state index contributed by atoms with van der Waals surface area (Å²) in [4.78, 5) is 33.4. The van der Waals surface area contributed by atoms with Crippen LogP contribution in [0.4, 0.5) is 17.2 Å². The molecule has 0 saturated carbocycles. The number of aromatic hydroxyl groups is 1. The minimum atomic E-state index is -0.262. The second kappa shape index (κ2) is 12.4. The number of amides is 2. The number of carbonyl (C=O) groups is 2. The van der Waals surface area contributed by atoms with Crippen molar-refractivity contribution in [2.45, 2.75) is 19.9 Å². The van der Waals surface area contributed by atoms with Gasteiger partial charge in [0.1, 0.15) is 5.82 Å². The monoisotopic (exact) mass is 523 g/mol. The van der Waals surface area contributed by atoms with Crippen LogP contribution in [0.2, 0.25) is 0 Å². The van der Waals surface area contributed by atoms with Gasteiger partial charge in [-0.1, -0.05) is 18.2 Å². The molecule has 0 radical (unpaired) electrons. The van der Waals surface area contributed by atoms with Gasteiger partial charge in [0, 0.05) is 22.5 Å². The third kappa shape index (κ3) is 6.98. The molecule has 0 aliphatic carbocycles. The van der Waals surface area contributed by atoms with Crippen LogP contribution in [0, 0.1) is 0 Å². The van der Waals surface area contributed by atoms with Crippen molar-refractivity contribution < 1.29 is 19.4 Å². The SMILES string of the molecule is C/C=C/C(=O)Nc1ccc(C(=O)Nc2cccc([C@H](C)Nc3cncc(-c4ccc(O)c(OC)c4)n3)c2)cc1. The number of allylic oxidation sites excluding steroid dienone is 1. The van der Waals surface area contributed by atoms with Crippen molar-refractivity contribution in [1.82, 2.24) is 9.97 Å². The number of benzene rings is 3. The molecule has 0 spiro atoms. The third-order valence-electron chi connectivity index (χ3n) is 5.85. The zero-order valence-electron chi connectivity index (χ0n) is 21.8. The van der Waals surface area contributed by atoms with E-state index in [1.807, 2.05) is 31.2 Å². The molecule has 1 aromatic heterocycles. The number of hydrogen-bond donors (Lipinski definition) is 4. The van der Waals surface area contributed by atoms with Crippen LogP contribution in [0.15, 0.2) is 91.3 Å². The molecule has 198 valence electrons. The highest BCUT2D eigenvalue weighted by atomic mass is 16.5. The van der Waals surface area contributed by atoms with Crippen LogP contribution in [0.5, 0.6) is 11.5 Å².